The van der Waals surface area contributed by atoms with Gasteiger partial charge in [-0.25, -0.2) is 22.5 Å². The Morgan fingerprint density at radius 1 is 1.23 bits per heavy atom. The summed E-state index contributed by atoms with van der Waals surface area (Å²) in [7, 11) is -4.09. The maximum absolute atomic E-state index is 17.5. The van der Waals surface area contributed by atoms with E-state index in [4.69, 9.17) is 9.47 Å². The molecule has 3 saturated carbocycles. The minimum absolute atomic E-state index is 0.0933. The number of aliphatic hydroxyl groups excluding tert-OH is 1. The van der Waals surface area contributed by atoms with E-state index >= 15 is 4.39 Å². The van der Waals surface area contributed by atoms with E-state index in [0.29, 0.717) is 24.8 Å². The Kier molecular flexibility index (Phi) is 5.99. The molecule has 4 unspecified atom stereocenters. The number of fused-ring (bicyclic) bond motifs is 7. The lowest BCUT2D eigenvalue weighted by Gasteiger charge is -2.62. The molecule has 216 valence electrons. The average molecular weight is 575 g/mol. The summed E-state index contributed by atoms with van der Waals surface area (Å²) >= 11 is 0. The number of ketones is 2. The summed E-state index contributed by atoms with van der Waals surface area (Å²) in [6, 6.07) is 4.45. The van der Waals surface area contributed by atoms with Gasteiger partial charge in [0.2, 0.25) is 0 Å². The second kappa shape index (κ2) is 8.61. The fraction of sp³-hybridized carbons (Fsp3) is 0.621. The van der Waals surface area contributed by atoms with Gasteiger partial charge in [0, 0.05) is 22.9 Å². The van der Waals surface area contributed by atoms with Crippen LogP contribution in [0.1, 0.15) is 53.4 Å². The summed E-state index contributed by atoms with van der Waals surface area (Å²) in [5, 5.41) is 11.4. The summed E-state index contributed by atoms with van der Waals surface area (Å²) in [5.74, 6) is -2.91. The van der Waals surface area contributed by atoms with Crippen molar-refractivity contribution in [1.82, 2.24) is 9.71 Å². The zero-order valence-electron chi connectivity index (χ0n) is 23.0. The third-order valence-corrected chi connectivity index (χ3v) is 11.7. The first kappa shape index (κ1) is 27.8. The normalized spacial score (nSPS) is 43.4. The molecule has 0 spiro atoms. The highest BCUT2D eigenvalue weighted by molar-refractivity contribution is 7.89. The number of sulfonamides is 1. The van der Waals surface area contributed by atoms with Crippen LogP contribution in [0.3, 0.4) is 0 Å². The van der Waals surface area contributed by atoms with E-state index in [1.807, 2.05) is 6.92 Å². The second-order valence-electron chi connectivity index (χ2n) is 12.8. The lowest BCUT2D eigenvalue weighted by molar-refractivity contribution is -0.245. The number of Topliss-reactive ketones (excluding diaryl/α,β-unsaturated/α-hetero) is 1. The van der Waals surface area contributed by atoms with E-state index in [-0.39, 0.29) is 17.2 Å². The predicted octanol–water partition coefficient (Wildman–Crippen LogP) is 2.80. The van der Waals surface area contributed by atoms with Gasteiger partial charge in [-0.1, -0.05) is 24.6 Å². The molecule has 8 atom stereocenters. The van der Waals surface area contributed by atoms with E-state index < -0.39 is 74.3 Å². The number of rotatable bonds is 5. The number of ether oxygens (including phenoxy) is 2. The first-order chi connectivity index (χ1) is 18.6. The summed E-state index contributed by atoms with van der Waals surface area (Å²) in [6.07, 6.45) is 4.66. The van der Waals surface area contributed by atoms with Gasteiger partial charge in [-0.2, -0.15) is 0 Å². The lowest BCUT2D eigenvalue weighted by Crippen LogP contribution is -2.70. The Bertz CT molecular complexity index is 1450. The largest absolute Gasteiger partial charge is 0.390 e. The Balaban J connectivity index is 1.38. The van der Waals surface area contributed by atoms with Crippen molar-refractivity contribution in [2.75, 3.05) is 6.54 Å². The van der Waals surface area contributed by atoms with E-state index in [1.165, 1.54) is 30.5 Å². The van der Waals surface area contributed by atoms with Gasteiger partial charge < -0.3 is 14.6 Å². The topological polar surface area (TPSA) is 132 Å². The molecule has 2 N–H and O–H groups in total. The molecule has 6 rings (SSSR count). The Labute approximate surface area is 233 Å². The minimum atomic E-state index is -4.09. The zero-order valence-corrected chi connectivity index (χ0v) is 23.8. The minimum Gasteiger partial charge on any atom is -0.390 e. The molecule has 5 aliphatic rings. The van der Waals surface area contributed by atoms with Crippen molar-refractivity contribution in [3.8, 4) is 0 Å². The van der Waals surface area contributed by atoms with Crippen molar-refractivity contribution < 1.29 is 37.0 Å². The van der Waals surface area contributed by atoms with E-state index in [1.54, 1.807) is 32.9 Å². The number of pyridine rings is 1. The third kappa shape index (κ3) is 3.51. The lowest BCUT2D eigenvalue weighted by atomic mass is 9.44. The number of aromatic nitrogens is 1. The van der Waals surface area contributed by atoms with Crippen molar-refractivity contribution in [1.29, 1.82) is 0 Å². The van der Waals surface area contributed by atoms with Gasteiger partial charge in [0.05, 0.1) is 18.8 Å². The number of nitrogens with one attached hydrogen (secondary N) is 1. The van der Waals surface area contributed by atoms with Gasteiger partial charge in [-0.3, -0.25) is 9.59 Å². The Morgan fingerprint density at radius 2 is 1.98 bits per heavy atom. The smallest absolute Gasteiger partial charge is 0.258 e. The van der Waals surface area contributed by atoms with Crippen LogP contribution in [-0.4, -0.2) is 65.9 Å². The first-order valence-electron chi connectivity index (χ1n) is 13.7. The maximum Gasteiger partial charge on any atom is 0.258 e. The fourth-order valence-electron chi connectivity index (χ4n) is 8.68. The maximum atomic E-state index is 17.5. The van der Waals surface area contributed by atoms with Crippen LogP contribution in [0, 0.1) is 22.7 Å². The number of halogens is 1. The quantitative estimate of drug-likeness (QED) is 0.549. The monoisotopic (exact) mass is 574 g/mol. The molecule has 11 heteroatoms. The molecule has 0 amide bonds. The molecule has 1 aromatic heterocycles. The Hall–Kier alpha value is -2.31. The van der Waals surface area contributed by atoms with Crippen LogP contribution in [0.4, 0.5) is 4.39 Å². The van der Waals surface area contributed by atoms with Gasteiger partial charge in [0.25, 0.3) is 10.0 Å². The molecular formula is C29H35FN2O7S. The number of hydrogen-bond acceptors (Lipinski definition) is 8. The third-order valence-electron chi connectivity index (χ3n) is 10.4. The van der Waals surface area contributed by atoms with Crippen LogP contribution in [0.25, 0.3) is 0 Å². The number of aliphatic hydroxyl groups is 1. The molecular weight excluding hydrogens is 539 g/mol. The first-order valence-corrected chi connectivity index (χ1v) is 15.2. The number of hydrogen-bond donors (Lipinski definition) is 2. The highest BCUT2D eigenvalue weighted by Gasteiger charge is 2.80. The van der Waals surface area contributed by atoms with Gasteiger partial charge in [-0.05, 0) is 76.7 Å². The van der Waals surface area contributed by atoms with E-state index in [2.05, 4.69) is 9.71 Å². The second-order valence-corrected chi connectivity index (χ2v) is 14.5. The summed E-state index contributed by atoms with van der Waals surface area (Å²) in [6.45, 7) is 6.38. The molecule has 0 radical (unpaired) electrons. The number of allylic oxidation sites excluding steroid dienone is 4. The molecule has 1 aliphatic heterocycles. The average Bonchev–Trinajstić information content (AvgIpc) is 3.30. The van der Waals surface area contributed by atoms with Crippen LogP contribution < -0.4 is 4.72 Å². The molecule has 1 saturated heterocycles. The van der Waals surface area contributed by atoms with Crippen molar-refractivity contribution in [2.24, 2.45) is 22.7 Å². The predicted molar refractivity (Wildman–Crippen MR) is 141 cm³/mol. The summed E-state index contributed by atoms with van der Waals surface area (Å²) in [4.78, 5) is 30.1. The number of carbonyl (C=O) groups is 2. The van der Waals surface area contributed by atoms with Crippen LogP contribution in [0.5, 0.6) is 0 Å². The van der Waals surface area contributed by atoms with Crippen LogP contribution in [-0.2, 0) is 29.1 Å². The molecule has 9 nitrogen and oxygen atoms in total. The molecule has 40 heavy (non-hydrogen) atoms. The zero-order chi connectivity index (χ0) is 28.9. The van der Waals surface area contributed by atoms with Gasteiger partial charge in [-0.15, -0.1) is 0 Å². The highest BCUT2D eigenvalue weighted by Crippen LogP contribution is 2.72. The number of alkyl halides is 1. The Morgan fingerprint density at radius 3 is 2.67 bits per heavy atom. The van der Waals surface area contributed by atoms with Crippen molar-refractivity contribution in [3.05, 3.63) is 48.2 Å². The van der Waals surface area contributed by atoms with Gasteiger partial charge in [0.1, 0.15) is 0 Å². The molecule has 0 bridgehead atoms. The van der Waals surface area contributed by atoms with Crippen LogP contribution in [0.15, 0.2) is 53.2 Å². The summed E-state index contributed by atoms with van der Waals surface area (Å²) in [5.41, 5.74) is -5.23. The molecule has 1 aromatic rings. The molecule has 4 aliphatic carbocycles. The SMILES string of the molecule is CC1(C)O[C@H]2CC3C4CCC5=CC(=O)C=CC5(C)[C@@]4(F)[C@@H](O)CC3(C)[C@]2(C(=O)CNS(=O)(=O)c2ccccn2)O1. The van der Waals surface area contributed by atoms with Crippen LogP contribution in [0.2, 0.25) is 0 Å². The van der Waals surface area contributed by atoms with Crippen molar-refractivity contribution >= 4 is 21.6 Å². The molecule has 0 aromatic carbocycles. The van der Waals surface area contributed by atoms with E-state index in [9.17, 15) is 23.1 Å². The number of nitrogens with zero attached hydrogens (tertiary/aromatic N) is 1. The van der Waals surface area contributed by atoms with E-state index in [0.717, 1.165) is 0 Å². The fourth-order valence-corrected chi connectivity index (χ4v) is 9.61. The highest BCUT2D eigenvalue weighted by atomic mass is 32.2. The standard InChI is InChI=1S/C29H35FN2O7S/c1-25(2)38-23-14-20-19-9-8-17-13-18(33)10-11-26(17,3)28(19,30)21(34)15-27(20,4)29(23,39-25)22(35)16-32-40(36,37)24-7-5-6-12-31-24/h5-7,10-13,19-21,23,32,34H,8-9,14-16H2,1-4H3/t19?,20?,21-,23-,26?,27?,28-,29+/m0/s1. The molecule has 4 fully saturated rings. The summed E-state index contributed by atoms with van der Waals surface area (Å²) < 4.78 is 58.3. The van der Waals surface area contributed by atoms with Crippen molar-refractivity contribution in [2.45, 2.75) is 87.7 Å². The van der Waals surface area contributed by atoms with Gasteiger partial charge >= 0.3 is 0 Å². The number of carbonyl (C=O) groups excluding carboxylic acids is 2. The van der Waals surface area contributed by atoms with Crippen molar-refractivity contribution in [3.63, 3.8) is 0 Å². The molecule has 2 heterocycles. The van der Waals surface area contributed by atoms with Crippen LogP contribution >= 0.6 is 0 Å². The van der Waals surface area contributed by atoms with Gasteiger partial charge in [0.15, 0.2) is 33.6 Å².